The molecule has 1 aromatic heterocycles. The number of aromatic nitrogens is 1. The molecule has 0 fully saturated rings. The van der Waals surface area contributed by atoms with Crippen molar-refractivity contribution >= 4 is 10.9 Å². The standard InChI is InChI=1S/C15H16FNO/c1-9-7-11-14(8-12(9)16)17-13-6-4-2-3-5-10(13)15(11)18/h7-8H,2-6H2,1H3,(H,17,18). The van der Waals surface area contributed by atoms with E-state index in [1.165, 1.54) is 6.07 Å². The Bertz CT molecular complexity index is 672. The maximum Gasteiger partial charge on any atom is 0.192 e. The highest BCUT2D eigenvalue weighted by atomic mass is 19.1. The van der Waals surface area contributed by atoms with E-state index < -0.39 is 0 Å². The van der Waals surface area contributed by atoms with E-state index in [4.69, 9.17) is 0 Å². The number of H-pyrrole nitrogens is 1. The molecule has 0 aliphatic heterocycles. The molecule has 1 aliphatic carbocycles. The molecule has 0 unspecified atom stereocenters. The molecule has 0 saturated heterocycles. The number of aromatic amines is 1. The van der Waals surface area contributed by atoms with Crippen molar-refractivity contribution in [3.63, 3.8) is 0 Å². The lowest BCUT2D eigenvalue weighted by molar-refractivity contribution is 0.620. The maximum absolute atomic E-state index is 13.6. The van der Waals surface area contributed by atoms with Gasteiger partial charge in [-0.2, -0.15) is 0 Å². The van der Waals surface area contributed by atoms with E-state index in [2.05, 4.69) is 4.98 Å². The van der Waals surface area contributed by atoms with Crippen LogP contribution in [0.15, 0.2) is 16.9 Å². The van der Waals surface area contributed by atoms with Crippen LogP contribution in [0.3, 0.4) is 0 Å². The Balaban J connectivity index is 2.35. The van der Waals surface area contributed by atoms with Crippen LogP contribution in [0.2, 0.25) is 0 Å². The van der Waals surface area contributed by atoms with Gasteiger partial charge in [-0.3, -0.25) is 4.79 Å². The Morgan fingerprint density at radius 3 is 2.78 bits per heavy atom. The average molecular weight is 245 g/mol. The number of halogens is 1. The van der Waals surface area contributed by atoms with Gasteiger partial charge in [-0.25, -0.2) is 4.39 Å². The number of rotatable bonds is 0. The third kappa shape index (κ3) is 1.74. The molecule has 0 radical (unpaired) electrons. The summed E-state index contributed by atoms with van der Waals surface area (Å²) >= 11 is 0. The van der Waals surface area contributed by atoms with Crippen LogP contribution < -0.4 is 5.43 Å². The molecule has 0 spiro atoms. The summed E-state index contributed by atoms with van der Waals surface area (Å²) in [6, 6.07) is 3.10. The Morgan fingerprint density at radius 1 is 1.17 bits per heavy atom. The zero-order valence-corrected chi connectivity index (χ0v) is 10.5. The van der Waals surface area contributed by atoms with Crippen molar-refractivity contribution < 1.29 is 4.39 Å². The summed E-state index contributed by atoms with van der Waals surface area (Å²) in [5.41, 5.74) is 3.16. The lowest BCUT2D eigenvalue weighted by Gasteiger charge is -2.09. The van der Waals surface area contributed by atoms with E-state index in [0.29, 0.717) is 16.5 Å². The highest BCUT2D eigenvalue weighted by molar-refractivity contribution is 5.80. The van der Waals surface area contributed by atoms with E-state index in [-0.39, 0.29) is 11.2 Å². The van der Waals surface area contributed by atoms with Gasteiger partial charge in [-0.1, -0.05) is 6.42 Å². The molecule has 1 aromatic carbocycles. The van der Waals surface area contributed by atoms with Gasteiger partial charge in [-0.15, -0.1) is 0 Å². The summed E-state index contributed by atoms with van der Waals surface area (Å²) < 4.78 is 13.6. The van der Waals surface area contributed by atoms with E-state index in [0.717, 1.165) is 43.4 Å². The van der Waals surface area contributed by atoms with Gasteiger partial charge in [0.05, 0.1) is 5.52 Å². The van der Waals surface area contributed by atoms with Gasteiger partial charge in [0.15, 0.2) is 5.43 Å². The van der Waals surface area contributed by atoms with Crippen LogP contribution in [-0.2, 0) is 12.8 Å². The molecule has 1 heterocycles. The molecule has 1 N–H and O–H groups in total. The van der Waals surface area contributed by atoms with Gasteiger partial charge in [0.25, 0.3) is 0 Å². The molecule has 2 nitrogen and oxygen atoms in total. The first kappa shape index (κ1) is 11.5. The number of nitrogens with one attached hydrogen (secondary N) is 1. The van der Waals surface area contributed by atoms with Crippen molar-refractivity contribution in [2.75, 3.05) is 0 Å². The lowest BCUT2D eigenvalue weighted by Crippen LogP contribution is -2.14. The third-order valence-electron chi connectivity index (χ3n) is 3.82. The summed E-state index contributed by atoms with van der Waals surface area (Å²) in [5, 5.41) is 0.620. The molecule has 1 aliphatic rings. The van der Waals surface area contributed by atoms with Crippen LogP contribution in [0.5, 0.6) is 0 Å². The molecule has 0 amide bonds. The molecule has 94 valence electrons. The Labute approximate surface area is 105 Å². The van der Waals surface area contributed by atoms with E-state index in [9.17, 15) is 9.18 Å². The van der Waals surface area contributed by atoms with Crippen molar-refractivity contribution in [1.29, 1.82) is 0 Å². The van der Waals surface area contributed by atoms with Gasteiger partial charge in [0, 0.05) is 16.6 Å². The zero-order valence-electron chi connectivity index (χ0n) is 10.5. The van der Waals surface area contributed by atoms with Crippen molar-refractivity contribution in [3.05, 3.63) is 45.0 Å². The fourth-order valence-electron chi connectivity index (χ4n) is 2.77. The second-order valence-electron chi connectivity index (χ2n) is 5.12. The number of hydrogen-bond donors (Lipinski definition) is 1. The molecule has 0 saturated carbocycles. The highest BCUT2D eigenvalue weighted by Gasteiger charge is 2.15. The van der Waals surface area contributed by atoms with Crippen LogP contribution in [0.25, 0.3) is 10.9 Å². The van der Waals surface area contributed by atoms with E-state index in [1.54, 1.807) is 13.0 Å². The largest absolute Gasteiger partial charge is 0.358 e. The van der Waals surface area contributed by atoms with Crippen LogP contribution >= 0.6 is 0 Å². The zero-order chi connectivity index (χ0) is 12.7. The molecule has 0 bridgehead atoms. The van der Waals surface area contributed by atoms with Crippen molar-refractivity contribution in [3.8, 4) is 0 Å². The van der Waals surface area contributed by atoms with E-state index in [1.807, 2.05) is 0 Å². The predicted molar refractivity (Wildman–Crippen MR) is 70.5 cm³/mol. The third-order valence-corrected chi connectivity index (χ3v) is 3.82. The first-order chi connectivity index (χ1) is 8.66. The minimum atomic E-state index is -0.258. The molecular weight excluding hydrogens is 229 g/mol. The summed E-state index contributed by atoms with van der Waals surface area (Å²) in [7, 11) is 0. The van der Waals surface area contributed by atoms with Gasteiger partial charge in [-0.05, 0) is 50.3 Å². The number of pyridine rings is 1. The first-order valence-corrected chi connectivity index (χ1v) is 6.50. The average Bonchev–Trinajstić information content (AvgIpc) is 2.58. The van der Waals surface area contributed by atoms with E-state index >= 15 is 0 Å². The number of aryl methyl sites for hydroxylation is 2. The normalized spacial score (nSPS) is 15.4. The lowest BCUT2D eigenvalue weighted by atomic mass is 10.0. The van der Waals surface area contributed by atoms with Crippen molar-refractivity contribution in [2.24, 2.45) is 0 Å². The number of fused-ring (bicyclic) bond motifs is 2. The topological polar surface area (TPSA) is 32.9 Å². The minimum absolute atomic E-state index is 0.0868. The van der Waals surface area contributed by atoms with Crippen LogP contribution in [0, 0.1) is 12.7 Å². The summed E-state index contributed by atoms with van der Waals surface area (Å²) in [6.45, 7) is 1.69. The van der Waals surface area contributed by atoms with Gasteiger partial charge in [0.2, 0.25) is 0 Å². The van der Waals surface area contributed by atoms with Crippen molar-refractivity contribution in [1.82, 2.24) is 4.98 Å². The Morgan fingerprint density at radius 2 is 1.94 bits per heavy atom. The van der Waals surface area contributed by atoms with Crippen LogP contribution in [-0.4, -0.2) is 4.98 Å². The summed E-state index contributed by atoms with van der Waals surface area (Å²) in [5.74, 6) is -0.258. The monoisotopic (exact) mass is 245 g/mol. The molecular formula is C15H16FNO. The van der Waals surface area contributed by atoms with Gasteiger partial charge in [0.1, 0.15) is 5.82 Å². The van der Waals surface area contributed by atoms with Crippen molar-refractivity contribution in [2.45, 2.75) is 39.0 Å². The summed E-state index contributed by atoms with van der Waals surface area (Å²) in [4.78, 5) is 15.7. The Kier molecular flexibility index (Phi) is 2.69. The quantitative estimate of drug-likeness (QED) is 0.710. The fraction of sp³-hybridized carbons (Fsp3) is 0.400. The second kappa shape index (κ2) is 4.23. The minimum Gasteiger partial charge on any atom is -0.358 e. The molecule has 3 heteroatoms. The molecule has 18 heavy (non-hydrogen) atoms. The summed E-state index contributed by atoms with van der Waals surface area (Å²) in [6.07, 6.45) is 5.07. The maximum atomic E-state index is 13.6. The molecule has 2 aromatic rings. The van der Waals surface area contributed by atoms with Gasteiger partial charge >= 0.3 is 0 Å². The number of hydrogen-bond acceptors (Lipinski definition) is 1. The Hall–Kier alpha value is -1.64. The van der Waals surface area contributed by atoms with Crippen LogP contribution in [0.1, 0.15) is 36.1 Å². The smallest absolute Gasteiger partial charge is 0.192 e. The SMILES string of the molecule is Cc1cc2c(=O)c3c([nH]c2cc1F)CCCCC3. The number of benzene rings is 1. The highest BCUT2D eigenvalue weighted by Crippen LogP contribution is 2.21. The van der Waals surface area contributed by atoms with Crippen LogP contribution in [0.4, 0.5) is 4.39 Å². The molecule has 0 atom stereocenters. The fourth-order valence-corrected chi connectivity index (χ4v) is 2.77. The van der Waals surface area contributed by atoms with Gasteiger partial charge < -0.3 is 4.98 Å². The molecule has 3 rings (SSSR count). The second-order valence-corrected chi connectivity index (χ2v) is 5.12. The first-order valence-electron chi connectivity index (χ1n) is 6.50. The predicted octanol–water partition coefficient (Wildman–Crippen LogP) is 3.24.